The van der Waals surface area contributed by atoms with Crippen molar-refractivity contribution in [2.75, 3.05) is 0 Å². The minimum Gasteiger partial charge on any atom is -0.147 e. The standard InChI is InChI=1S/C17H18N.2ClH.Ti/c1-17(2,3)15-9-7-8-14(12-15)13-18-16-10-5-4-6-11-16;;;/h4-11,13H,1-3H3;2*1H;. The number of rotatable bonds is 2. The third kappa shape index (κ3) is 5.60. The van der Waals surface area contributed by atoms with E-state index in [9.17, 15) is 0 Å². The summed E-state index contributed by atoms with van der Waals surface area (Å²) in [5, 5.41) is 0. The summed E-state index contributed by atoms with van der Waals surface area (Å²) in [6.07, 6.45) is 1.96. The molecule has 0 radical (unpaired) electrons. The van der Waals surface area contributed by atoms with Gasteiger partial charge in [0, 0.05) is 0 Å². The second-order valence-corrected chi connectivity index (χ2v) is 6.39. The number of hydrogen-bond acceptors (Lipinski definition) is 1. The monoisotopic (exact) mass is 356 g/mol. The molecule has 0 aromatic heterocycles. The minimum atomic E-state index is 0. The van der Waals surface area contributed by atoms with Crippen molar-refractivity contribution in [1.29, 1.82) is 0 Å². The normalized spacial score (nSPS) is 10.8. The van der Waals surface area contributed by atoms with E-state index >= 15 is 0 Å². The van der Waals surface area contributed by atoms with Gasteiger partial charge in [-0.05, 0) is 0 Å². The van der Waals surface area contributed by atoms with Crippen LogP contribution in [0.4, 0.5) is 5.69 Å². The Hall–Kier alpha value is -0.596. The summed E-state index contributed by atoms with van der Waals surface area (Å²) < 4.78 is 1.31. The second kappa shape index (κ2) is 8.75. The molecule has 0 unspecified atom stereocenters. The number of para-hydroxylation sites is 1. The van der Waals surface area contributed by atoms with Gasteiger partial charge in [-0.25, -0.2) is 0 Å². The molecule has 0 heterocycles. The van der Waals surface area contributed by atoms with Gasteiger partial charge in [0.2, 0.25) is 0 Å². The summed E-state index contributed by atoms with van der Waals surface area (Å²) in [5.41, 5.74) is 3.73. The average Bonchev–Trinajstić information content (AvgIpc) is 2.37. The Morgan fingerprint density at radius 3 is 2.10 bits per heavy atom. The van der Waals surface area contributed by atoms with Crippen molar-refractivity contribution in [3.8, 4) is 0 Å². The quantitative estimate of drug-likeness (QED) is 0.543. The van der Waals surface area contributed by atoms with E-state index in [0.29, 0.717) is 0 Å². The van der Waals surface area contributed by atoms with E-state index in [1.165, 1.54) is 15.0 Å². The third-order valence-electron chi connectivity index (χ3n) is 3.01. The van der Waals surface area contributed by atoms with E-state index in [2.05, 4.69) is 64.4 Å². The van der Waals surface area contributed by atoms with Gasteiger partial charge in [-0.3, -0.25) is 0 Å². The van der Waals surface area contributed by atoms with Crippen LogP contribution in [0.15, 0.2) is 53.5 Å². The Morgan fingerprint density at radius 1 is 0.905 bits per heavy atom. The van der Waals surface area contributed by atoms with Crippen LogP contribution >= 0.6 is 24.8 Å². The topological polar surface area (TPSA) is 12.4 Å². The molecule has 2 rings (SSSR count). The first-order valence-electron chi connectivity index (χ1n) is 6.43. The molecule has 0 aliphatic carbocycles. The summed E-state index contributed by atoms with van der Waals surface area (Å²) in [4.78, 5) is 4.54. The fraction of sp³-hybridized carbons (Fsp3) is 0.235. The molecule has 2 aromatic carbocycles. The number of halogens is 2. The maximum absolute atomic E-state index is 4.54. The predicted molar refractivity (Wildman–Crippen MR) is 93.0 cm³/mol. The van der Waals surface area contributed by atoms with Gasteiger partial charge in [0.25, 0.3) is 0 Å². The number of nitrogens with zero attached hydrogens (tertiary/aromatic N) is 1. The van der Waals surface area contributed by atoms with Crippen LogP contribution in [0, 0.1) is 0 Å². The van der Waals surface area contributed by atoms with Crippen LogP contribution in [0.25, 0.3) is 0 Å². The van der Waals surface area contributed by atoms with E-state index in [0.717, 1.165) is 5.69 Å². The Kier molecular flexibility index (Phi) is 8.50. The van der Waals surface area contributed by atoms with Crippen LogP contribution in [0.3, 0.4) is 0 Å². The SMILES string of the molecule is CC(C)(C)c1cccc(C=Nc2ccccc2)[c]1[Ti].Cl.Cl. The Bertz CT molecular complexity index is 589. The maximum Gasteiger partial charge on any atom is -0.147 e. The van der Waals surface area contributed by atoms with Crippen molar-refractivity contribution in [2.45, 2.75) is 26.2 Å². The Balaban J connectivity index is 0.00000200. The summed E-state index contributed by atoms with van der Waals surface area (Å²) >= 11 is 2.17. The van der Waals surface area contributed by atoms with Gasteiger partial charge in [-0.1, -0.05) is 0 Å². The van der Waals surface area contributed by atoms with Crippen LogP contribution in [0.1, 0.15) is 31.9 Å². The van der Waals surface area contributed by atoms with Crippen molar-refractivity contribution < 1.29 is 20.4 Å². The summed E-state index contributed by atoms with van der Waals surface area (Å²) in [6.45, 7) is 6.73. The van der Waals surface area contributed by atoms with Crippen LogP contribution < -0.4 is 3.87 Å². The molecule has 21 heavy (non-hydrogen) atoms. The van der Waals surface area contributed by atoms with E-state index in [-0.39, 0.29) is 30.2 Å². The fourth-order valence-corrected chi connectivity index (χ4v) is 2.91. The molecule has 1 nitrogen and oxygen atoms in total. The van der Waals surface area contributed by atoms with Crippen LogP contribution in [-0.2, 0) is 25.9 Å². The molecule has 2 aromatic rings. The molecule has 0 saturated heterocycles. The molecule has 111 valence electrons. The Labute approximate surface area is 151 Å². The number of aliphatic imine (C=N–C) groups is 1. The van der Waals surface area contributed by atoms with Gasteiger partial charge in [-0.2, -0.15) is 0 Å². The summed E-state index contributed by atoms with van der Waals surface area (Å²) in [7, 11) is 0. The number of hydrogen-bond donors (Lipinski definition) is 0. The van der Waals surface area contributed by atoms with E-state index in [1.54, 1.807) is 0 Å². The molecule has 0 amide bonds. The molecule has 4 heteroatoms. The molecule has 0 saturated carbocycles. The zero-order valence-electron chi connectivity index (χ0n) is 12.5. The molecule has 0 fully saturated rings. The predicted octanol–water partition coefficient (Wildman–Crippen LogP) is 4.75. The zero-order chi connectivity index (χ0) is 13.9. The molecule has 0 N–H and O–H groups in total. The van der Waals surface area contributed by atoms with Crippen molar-refractivity contribution >= 4 is 40.6 Å². The Morgan fingerprint density at radius 2 is 1.52 bits per heavy atom. The molecule has 0 aliphatic rings. The molecular formula is C17H20Cl2NTi. The van der Waals surface area contributed by atoms with Crippen LogP contribution in [0.5, 0.6) is 0 Å². The van der Waals surface area contributed by atoms with Crippen molar-refractivity contribution in [3.63, 3.8) is 0 Å². The largest absolute Gasteiger partial charge is 0.147 e. The average molecular weight is 357 g/mol. The van der Waals surface area contributed by atoms with Crippen molar-refractivity contribution in [2.24, 2.45) is 4.99 Å². The first-order chi connectivity index (χ1) is 8.98. The maximum atomic E-state index is 4.54. The van der Waals surface area contributed by atoms with Crippen LogP contribution in [0.2, 0.25) is 0 Å². The summed E-state index contributed by atoms with van der Waals surface area (Å²) in [6, 6.07) is 16.5. The van der Waals surface area contributed by atoms with Gasteiger partial charge in [0.05, 0.1) is 0 Å². The smallest absolute Gasteiger partial charge is 0.147 e. The second-order valence-electron chi connectivity index (χ2n) is 5.61. The molecule has 0 aliphatic heterocycles. The first-order valence-corrected chi connectivity index (χ1v) is 7.21. The molecule has 0 spiro atoms. The van der Waals surface area contributed by atoms with Gasteiger partial charge in [-0.15, -0.1) is 24.8 Å². The van der Waals surface area contributed by atoms with Gasteiger partial charge >= 0.3 is 127 Å². The van der Waals surface area contributed by atoms with Gasteiger partial charge < -0.3 is 0 Å². The third-order valence-corrected chi connectivity index (χ3v) is 3.88. The zero-order valence-corrected chi connectivity index (χ0v) is 15.7. The van der Waals surface area contributed by atoms with E-state index in [1.807, 2.05) is 36.5 Å². The number of benzene rings is 2. The van der Waals surface area contributed by atoms with Crippen molar-refractivity contribution in [3.05, 3.63) is 59.7 Å². The molecular weight excluding hydrogens is 337 g/mol. The molecule has 0 bridgehead atoms. The van der Waals surface area contributed by atoms with E-state index in [4.69, 9.17) is 0 Å². The van der Waals surface area contributed by atoms with Gasteiger partial charge in [0.15, 0.2) is 0 Å². The molecule has 0 atom stereocenters. The van der Waals surface area contributed by atoms with Crippen LogP contribution in [-0.4, -0.2) is 6.21 Å². The minimum absolute atomic E-state index is 0. The van der Waals surface area contributed by atoms with E-state index < -0.39 is 0 Å². The summed E-state index contributed by atoms with van der Waals surface area (Å²) in [5.74, 6) is 0. The van der Waals surface area contributed by atoms with Gasteiger partial charge in [0.1, 0.15) is 0 Å². The fourth-order valence-electron chi connectivity index (χ4n) is 1.96. The first kappa shape index (κ1) is 20.4. The van der Waals surface area contributed by atoms with Crippen molar-refractivity contribution in [1.82, 2.24) is 0 Å².